The van der Waals surface area contributed by atoms with E-state index in [-0.39, 0.29) is 11.1 Å². The first-order valence-corrected chi connectivity index (χ1v) is 8.96. The van der Waals surface area contributed by atoms with Crippen LogP contribution in [0.1, 0.15) is 78.1 Å². The molecule has 4 N–H and O–H groups in total. The molecule has 156 valence electrons. The predicted molar refractivity (Wildman–Crippen MR) is 107 cm³/mol. The summed E-state index contributed by atoms with van der Waals surface area (Å²) in [6.45, 7) is 9.20. The van der Waals surface area contributed by atoms with Crippen LogP contribution in [-0.4, -0.2) is 46.6 Å². The number of aliphatic carboxylic acids is 2. The summed E-state index contributed by atoms with van der Waals surface area (Å²) < 4.78 is 0. The fourth-order valence-electron chi connectivity index (χ4n) is 1.77. The van der Waals surface area contributed by atoms with E-state index in [9.17, 15) is 9.59 Å². The summed E-state index contributed by atoms with van der Waals surface area (Å²) in [5.41, 5.74) is 0.352. The van der Waals surface area contributed by atoms with Gasteiger partial charge in [-0.3, -0.25) is 0 Å². The highest BCUT2D eigenvalue weighted by molar-refractivity contribution is 5.85. The normalized spacial score (nSPS) is 13.2. The Morgan fingerprint density at radius 3 is 0.654 bits per heavy atom. The van der Waals surface area contributed by atoms with E-state index < -0.39 is 11.9 Å². The van der Waals surface area contributed by atoms with Gasteiger partial charge in [0.2, 0.25) is 0 Å². The molecule has 1 fully saturated rings. The van der Waals surface area contributed by atoms with Gasteiger partial charge in [0.1, 0.15) is 0 Å². The van der Waals surface area contributed by atoms with Crippen molar-refractivity contribution in [2.24, 2.45) is 0 Å². The van der Waals surface area contributed by atoms with E-state index in [1.807, 2.05) is 0 Å². The Labute approximate surface area is 159 Å². The van der Waals surface area contributed by atoms with E-state index in [4.69, 9.17) is 20.4 Å². The van der Waals surface area contributed by atoms with Crippen molar-refractivity contribution in [2.75, 3.05) is 14.2 Å². The summed E-state index contributed by atoms with van der Waals surface area (Å²) in [5.74, 6) is -1.87. The Balaban J connectivity index is -0.000000133. The second-order valence-corrected chi connectivity index (χ2v) is 5.71. The first kappa shape index (κ1) is 32.0. The molecule has 0 aliphatic heterocycles. The van der Waals surface area contributed by atoms with Crippen LogP contribution in [0.2, 0.25) is 0 Å². The molecule has 1 saturated carbocycles. The van der Waals surface area contributed by atoms with Gasteiger partial charge in [0.15, 0.2) is 0 Å². The van der Waals surface area contributed by atoms with Gasteiger partial charge in [-0.2, -0.15) is 0 Å². The monoisotopic (exact) mass is 376 g/mol. The number of aliphatic hydroxyl groups is 2. The molecule has 0 aromatic carbocycles. The van der Waals surface area contributed by atoms with E-state index >= 15 is 0 Å². The fraction of sp³-hybridized carbons (Fsp3) is 0.700. The molecule has 0 saturated heterocycles. The molecular formula is C20H40O6. The van der Waals surface area contributed by atoms with Crippen molar-refractivity contribution in [3.63, 3.8) is 0 Å². The summed E-state index contributed by atoms with van der Waals surface area (Å²) >= 11 is 0. The lowest BCUT2D eigenvalue weighted by atomic mass is 10.0. The Morgan fingerprint density at radius 2 is 0.615 bits per heavy atom. The molecule has 0 amide bonds. The average Bonchev–Trinajstić information content (AvgIpc) is 2.64. The average molecular weight is 377 g/mol. The van der Waals surface area contributed by atoms with Crippen molar-refractivity contribution in [3.05, 3.63) is 24.3 Å². The summed E-state index contributed by atoms with van der Waals surface area (Å²) in [4.78, 5) is 19.2. The third-order valence-electron chi connectivity index (χ3n) is 3.23. The van der Waals surface area contributed by atoms with E-state index in [0.717, 1.165) is 14.2 Å². The number of carboxylic acids is 2. The third kappa shape index (κ3) is 38.1. The summed E-state index contributed by atoms with van der Waals surface area (Å²) in [5, 5.41) is 29.8. The third-order valence-corrected chi connectivity index (χ3v) is 3.23. The van der Waals surface area contributed by atoms with Crippen LogP contribution in [0.4, 0.5) is 0 Å². The fourth-order valence-corrected chi connectivity index (χ4v) is 1.77. The first-order valence-electron chi connectivity index (χ1n) is 8.96. The number of carbonyl (C=O) groups is 2. The summed E-state index contributed by atoms with van der Waals surface area (Å²) in [6, 6.07) is 0. The minimum Gasteiger partial charge on any atom is -0.478 e. The Kier molecular flexibility index (Phi) is 34.7. The molecule has 26 heavy (non-hydrogen) atoms. The molecule has 6 nitrogen and oxygen atoms in total. The molecule has 0 spiro atoms. The van der Waals surface area contributed by atoms with Crippen molar-refractivity contribution in [1.29, 1.82) is 0 Å². The zero-order valence-corrected chi connectivity index (χ0v) is 17.1. The van der Waals surface area contributed by atoms with Gasteiger partial charge < -0.3 is 20.4 Å². The van der Waals surface area contributed by atoms with Crippen molar-refractivity contribution in [3.8, 4) is 0 Å². The number of hydrogen-bond donors (Lipinski definition) is 4. The van der Waals surface area contributed by atoms with Crippen LogP contribution >= 0.6 is 0 Å². The number of hydrogen-bond acceptors (Lipinski definition) is 4. The molecule has 0 heterocycles. The number of aliphatic hydroxyl groups excluding tert-OH is 2. The van der Waals surface area contributed by atoms with E-state index in [0.29, 0.717) is 0 Å². The van der Waals surface area contributed by atoms with Gasteiger partial charge in [0.25, 0.3) is 0 Å². The zero-order valence-electron chi connectivity index (χ0n) is 17.1. The van der Waals surface area contributed by atoms with E-state index in [1.165, 1.54) is 78.1 Å². The van der Waals surface area contributed by atoms with Gasteiger partial charge in [0, 0.05) is 25.4 Å². The molecule has 0 aromatic rings. The van der Waals surface area contributed by atoms with Crippen molar-refractivity contribution in [2.45, 2.75) is 78.1 Å². The Morgan fingerprint density at radius 1 is 0.538 bits per heavy atom. The van der Waals surface area contributed by atoms with Crippen LogP contribution in [-0.2, 0) is 9.59 Å². The highest BCUT2D eigenvalue weighted by Gasteiger charge is 1.96. The van der Waals surface area contributed by atoms with Crippen LogP contribution < -0.4 is 0 Å². The minimum absolute atomic E-state index is 0.176. The van der Waals surface area contributed by atoms with Crippen LogP contribution in [0.3, 0.4) is 0 Å². The van der Waals surface area contributed by atoms with Crippen molar-refractivity contribution >= 4 is 11.9 Å². The highest BCUT2D eigenvalue weighted by atomic mass is 16.4. The second-order valence-electron chi connectivity index (χ2n) is 5.71. The summed E-state index contributed by atoms with van der Waals surface area (Å²) in [7, 11) is 2.00. The van der Waals surface area contributed by atoms with Crippen LogP contribution in [0.25, 0.3) is 0 Å². The van der Waals surface area contributed by atoms with Crippen LogP contribution in [0, 0.1) is 0 Å². The van der Waals surface area contributed by atoms with Gasteiger partial charge in [-0.25, -0.2) is 9.59 Å². The predicted octanol–water partition coefficient (Wildman–Crippen LogP) is 4.41. The molecule has 1 aliphatic rings. The van der Waals surface area contributed by atoms with Crippen molar-refractivity contribution < 1.29 is 30.0 Å². The number of rotatable bonds is 2. The van der Waals surface area contributed by atoms with Gasteiger partial charge in [-0.05, 0) is 13.8 Å². The van der Waals surface area contributed by atoms with Crippen molar-refractivity contribution in [1.82, 2.24) is 0 Å². The van der Waals surface area contributed by atoms with Gasteiger partial charge in [-0.15, -0.1) is 0 Å². The summed E-state index contributed by atoms with van der Waals surface area (Å²) in [6.07, 6.45) is 15.0. The van der Waals surface area contributed by atoms with Gasteiger partial charge in [0.05, 0.1) is 0 Å². The largest absolute Gasteiger partial charge is 0.478 e. The smallest absolute Gasteiger partial charge is 0.330 e. The maximum absolute atomic E-state index is 9.60. The molecule has 0 atom stereocenters. The molecule has 1 aliphatic carbocycles. The molecule has 6 heteroatoms. The second kappa shape index (κ2) is 28.2. The first-order chi connectivity index (χ1) is 12.3. The number of carboxylic acid groups (broad SMARTS) is 2. The molecular weight excluding hydrogens is 336 g/mol. The Hall–Kier alpha value is -1.66. The zero-order chi connectivity index (χ0) is 21.4. The standard InChI is InChI=1S/C10H20.2C4H6O2.2CH4O/c1-2-4-6-8-10-9-7-5-3-1;2*1-3(2)4(5)6;2*1-2/h1-10H2;2*1H2,2H3,(H,5,6);2*2H,1H3. The SMILES string of the molecule is C1CCCCCCCCC1.C=C(C)C(=O)O.C=C(C)C(=O)O.CO.CO. The van der Waals surface area contributed by atoms with Gasteiger partial charge >= 0.3 is 11.9 Å². The maximum Gasteiger partial charge on any atom is 0.330 e. The van der Waals surface area contributed by atoms with Crippen LogP contribution in [0.5, 0.6) is 0 Å². The maximum atomic E-state index is 9.60. The lowest BCUT2D eigenvalue weighted by Crippen LogP contribution is -1.92. The molecule has 1 rings (SSSR count). The minimum atomic E-state index is -0.935. The molecule has 0 aromatic heterocycles. The lowest BCUT2D eigenvalue weighted by molar-refractivity contribution is -0.133. The highest BCUT2D eigenvalue weighted by Crippen LogP contribution is 2.15. The molecule has 0 radical (unpaired) electrons. The van der Waals surface area contributed by atoms with Gasteiger partial charge in [-0.1, -0.05) is 77.4 Å². The van der Waals surface area contributed by atoms with E-state index in [2.05, 4.69) is 13.2 Å². The van der Waals surface area contributed by atoms with E-state index in [1.54, 1.807) is 0 Å². The van der Waals surface area contributed by atoms with Crippen LogP contribution in [0.15, 0.2) is 24.3 Å². The Bertz CT molecular complexity index is 269. The molecule has 0 bridgehead atoms. The topological polar surface area (TPSA) is 115 Å². The molecule has 0 unspecified atom stereocenters. The quantitative estimate of drug-likeness (QED) is 0.531. The lowest BCUT2D eigenvalue weighted by Gasteiger charge is -2.05.